The Kier molecular flexibility index (Phi) is 3.97. The maximum absolute atomic E-state index is 11.4. The predicted octanol–water partition coefficient (Wildman–Crippen LogP) is 2.18. The van der Waals surface area contributed by atoms with E-state index in [4.69, 9.17) is 4.52 Å². The van der Waals surface area contributed by atoms with E-state index in [0.29, 0.717) is 5.69 Å². The summed E-state index contributed by atoms with van der Waals surface area (Å²) in [5, 5.41) is 13.9. The molecule has 0 aliphatic rings. The van der Waals surface area contributed by atoms with Crippen LogP contribution in [-0.2, 0) is 9.53 Å². The quantitative estimate of drug-likeness (QED) is 0.854. The van der Waals surface area contributed by atoms with Crippen LogP contribution < -0.4 is 0 Å². The molecule has 0 aliphatic heterocycles. The molecule has 0 radical (unpaired) electrons. The lowest BCUT2D eigenvalue weighted by Crippen LogP contribution is -2.20. The van der Waals surface area contributed by atoms with Crippen LogP contribution in [0, 0.1) is 5.92 Å². The molecule has 2 unspecified atom stereocenters. The van der Waals surface area contributed by atoms with Gasteiger partial charge in [0.2, 0.25) is 0 Å². The number of aliphatic hydroxyl groups is 1. The van der Waals surface area contributed by atoms with Gasteiger partial charge in [0.05, 0.1) is 13.0 Å². The van der Waals surface area contributed by atoms with Crippen molar-refractivity contribution >= 4 is 5.97 Å². The Hall–Kier alpha value is -2.14. The first-order chi connectivity index (χ1) is 9.13. The fraction of sp³-hybridized carbons (Fsp3) is 0.286. The number of hydrogen-bond acceptors (Lipinski definition) is 5. The van der Waals surface area contributed by atoms with Gasteiger partial charge >= 0.3 is 5.97 Å². The smallest absolute Gasteiger partial charge is 0.311 e. The molecule has 1 N–H and O–H groups in total. The molecule has 5 nitrogen and oxygen atoms in total. The molecule has 0 fully saturated rings. The van der Waals surface area contributed by atoms with Crippen LogP contribution in [0.25, 0.3) is 11.3 Å². The topological polar surface area (TPSA) is 72.6 Å². The lowest BCUT2D eigenvalue weighted by atomic mass is 10.0. The largest absolute Gasteiger partial charge is 0.469 e. The molecule has 2 atom stereocenters. The summed E-state index contributed by atoms with van der Waals surface area (Å²) in [6.07, 6.45) is -1.07. The van der Waals surface area contributed by atoms with Gasteiger partial charge in [-0.1, -0.05) is 35.5 Å². The SMILES string of the molecule is COC(=O)C(C)C(O)c1cc(-c2ccccc2)no1. The third-order valence-electron chi connectivity index (χ3n) is 2.94. The zero-order chi connectivity index (χ0) is 13.8. The molecule has 1 heterocycles. The van der Waals surface area contributed by atoms with Crippen molar-refractivity contribution in [1.29, 1.82) is 0 Å². The first-order valence-corrected chi connectivity index (χ1v) is 5.91. The summed E-state index contributed by atoms with van der Waals surface area (Å²) in [5.74, 6) is -0.955. The van der Waals surface area contributed by atoms with Gasteiger partial charge < -0.3 is 14.4 Å². The molecule has 0 saturated heterocycles. The number of ether oxygens (including phenoxy) is 1. The second-order valence-electron chi connectivity index (χ2n) is 4.24. The van der Waals surface area contributed by atoms with Gasteiger partial charge in [0.25, 0.3) is 0 Å². The van der Waals surface area contributed by atoms with Crippen molar-refractivity contribution in [2.24, 2.45) is 5.92 Å². The molecule has 0 spiro atoms. The number of carbonyl (C=O) groups is 1. The Bertz CT molecular complexity index is 550. The third kappa shape index (κ3) is 2.82. The molecule has 19 heavy (non-hydrogen) atoms. The zero-order valence-corrected chi connectivity index (χ0v) is 10.7. The van der Waals surface area contributed by atoms with E-state index in [1.54, 1.807) is 13.0 Å². The summed E-state index contributed by atoms with van der Waals surface area (Å²) < 4.78 is 9.67. The summed E-state index contributed by atoms with van der Waals surface area (Å²) in [6, 6.07) is 11.1. The summed E-state index contributed by atoms with van der Waals surface area (Å²) in [5.41, 5.74) is 1.50. The first kappa shape index (κ1) is 13.3. The monoisotopic (exact) mass is 261 g/mol. The molecule has 5 heteroatoms. The normalized spacial score (nSPS) is 13.8. The fourth-order valence-corrected chi connectivity index (χ4v) is 1.73. The van der Waals surface area contributed by atoms with Crippen LogP contribution in [0.4, 0.5) is 0 Å². The molecule has 2 aromatic rings. The number of rotatable bonds is 4. The Morgan fingerprint density at radius 2 is 2.05 bits per heavy atom. The van der Waals surface area contributed by atoms with Crippen molar-refractivity contribution in [3.63, 3.8) is 0 Å². The molecule has 2 rings (SSSR count). The fourth-order valence-electron chi connectivity index (χ4n) is 1.73. The van der Waals surface area contributed by atoms with E-state index in [9.17, 15) is 9.90 Å². The lowest BCUT2D eigenvalue weighted by Gasteiger charge is -2.13. The van der Waals surface area contributed by atoms with Crippen molar-refractivity contribution in [3.05, 3.63) is 42.2 Å². The van der Waals surface area contributed by atoms with Crippen molar-refractivity contribution in [2.45, 2.75) is 13.0 Å². The molecule has 0 amide bonds. The van der Waals surface area contributed by atoms with Gasteiger partial charge in [0.15, 0.2) is 5.76 Å². The number of hydrogen-bond donors (Lipinski definition) is 1. The molecular formula is C14H15NO4. The van der Waals surface area contributed by atoms with Gasteiger partial charge in [-0.2, -0.15) is 0 Å². The van der Waals surface area contributed by atoms with Crippen LogP contribution in [0.1, 0.15) is 18.8 Å². The van der Waals surface area contributed by atoms with Crippen LogP contribution >= 0.6 is 0 Å². The lowest BCUT2D eigenvalue weighted by molar-refractivity contribution is -0.149. The van der Waals surface area contributed by atoms with Gasteiger partial charge in [0, 0.05) is 11.6 Å². The third-order valence-corrected chi connectivity index (χ3v) is 2.94. The standard InChI is InChI=1S/C14H15NO4/c1-9(14(17)18-2)13(16)12-8-11(15-19-12)10-6-4-3-5-7-10/h3-9,13,16H,1-2H3. The number of methoxy groups -OCH3 is 1. The van der Waals surface area contributed by atoms with E-state index in [2.05, 4.69) is 9.89 Å². The van der Waals surface area contributed by atoms with Crippen molar-refractivity contribution < 1.29 is 19.2 Å². The predicted molar refractivity (Wildman–Crippen MR) is 68.1 cm³/mol. The summed E-state index contributed by atoms with van der Waals surface area (Å²) in [4.78, 5) is 11.4. The molecular weight excluding hydrogens is 246 g/mol. The second kappa shape index (κ2) is 5.67. The maximum atomic E-state index is 11.4. The molecule has 100 valence electrons. The average Bonchev–Trinajstić information content (AvgIpc) is 2.95. The number of aliphatic hydroxyl groups excluding tert-OH is 1. The van der Waals surface area contributed by atoms with Crippen LogP contribution in [0.2, 0.25) is 0 Å². The highest BCUT2D eigenvalue weighted by Crippen LogP contribution is 2.27. The Morgan fingerprint density at radius 3 is 2.68 bits per heavy atom. The van der Waals surface area contributed by atoms with Crippen molar-refractivity contribution in [1.82, 2.24) is 5.16 Å². The summed E-state index contributed by atoms with van der Waals surface area (Å²) in [6.45, 7) is 1.57. The van der Waals surface area contributed by atoms with Gasteiger partial charge in [-0.15, -0.1) is 0 Å². The van der Waals surface area contributed by atoms with Crippen molar-refractivity contribution in [3.8, 4) is 11.3 Å². The van der Waals surface area contributed by atoms with Crippen molar-refractivity contribution in [2.75, 3.05) is 7.11 Å². The Labute approximate surface area is 110 Å². The van der Waals surface area contributed by atoms with Gasteiger partial charge in [-0.05, 0) is 6.92 Å². The Balaban J connectivity index is 2.20. The van der Waals surface area contributed by atoms with Crippen LogP contribution in [0.15, 0.2) is 40.9 Å². The van der Waals surface area contributed by atoms with Crippen LogP contribution in [-0.4, -0.2) is 23.3 Å². The van der Waals surface area contributed by atoms with Crippen LogP contribution in [0.5, 0.6) is 0 Å². The number of aromatic nitrogens is 1. The number of benzene rings is 1. The van der Waals surface area contributed by atoms with Gasteiger partial charge in [-0.3, -0.25) is 4.79 Å². The molecule has 1 aromatic carbocycles. The zero-order valence-electron chi connectivity index (χ0n) is 10.7. The van der Waals surface area contributed by atoms with Gasteiger partial charge in [0.1, 0.15) is 11.8 Å². The molecule has 1 aromatic heterocycles. The highest BCUT2D eigenvalue weighted by molar-refractivity contribution is 5.72. The summed E-state index contributed by atoms with van der Waals surface area (Å²) in [7, 11) is 1.28. The van der Waals surface area contributed by atoms with Gasteiger partial charge in [-0.25, -0.2) is 0 Å². The minimum atomic E-state index is -1.07. The van der Waals surface area contributed by atoms with E-state index in [1.165, 1.54) is 7.11 Å². The van der Waals surface area contributed by atoms with Crippen LogP contribution in [0.3, 0.4) is 0 Å². The molecule has 0 aliphatic carbocycles. The van der Waals surface area contributed by atoms with E-state index < -0.39 is 18.0 Å². The summed E-state index contributed by atoms with van der Waals surface area (Å²) >= 11 is 0. The highest BCUT2D eigenvalue weighted by atomic mass is 16.5. The molecule has 0 bridgehead atoms. The van der Waals surface area contributed by atoms with E-state index in [0.717, 1.165) is 5.56 Å². The highest BCUT2D eigenvalue weighted by Gasteiger charge is 2.27. The van der Waals surface area contributed by atoms with E-state index in [-0.39, 0.29) is 5.76 Å². The number of carbonyl (C=O) groups excluding carboxylic acids is 1. The maximum Gasteiger partial charge on any atom is 0.311 e. The second-order valence-corrected chi connectivity index (χ2v) is 4.24. The minimum absolute atomic E-state index is 0.247. The first-order valence-electron chi connectivity index (χ1n) is 5.91. The number of nitrogens with zero attached hydrogens (tertiary/aromatic N) is 1. The average molecular weight is 261 g/mol. The molecule has 0 saturated carbocycles. The Morgan fingerprint density at radius 1 is 1.37 bits per heavy atom. The van der Waals surface area contributed by atoms with E-state index in [1.807, 2.05) is 30.3 Å². The van der Waals surface area contributed by atoms with E-state index >= 15 is 0 Å². The minimum Gasteiger partial charge on any atom is -0.469 e. The number of esters is 1.